The summed E-state index contributed by atoms with van der Waals surface area (Å²) in [4.78, 5) is 32.3. The Bertz CT molecular complexity index is 1650. The number of esters is 1. The Kier molecular flexibility index (Phi) is 8.89. The van der Waals surface area contributed by atoms with Crippen LogP contribution >= 0.6 is 27.3 Å². The topological polar surface area (TPSA) is 107 Å². The monoisotopic (exact) mass is 632 g/mol. The Labute approximate surface area is 243 Å². The summed E-state index contributed by atoms with van der Waals surface area (Å²) in [6.07, 6.45) is 1.72. The molecule has 0 unspecified atom stereocenters. The van der Waals surface area contributed by atoms with E-state index in [1.807, 2.05) is 0 Å². The Balaban J connectivity index is 2.01. The van der Waals surface area contributed by atoms with Crippen molar-refractivity contribution in [3.63, 3.8) is 0 Å². The van der Waals surface area contributed by atoms with Gasteiger partial charge in [-0.1, -0.05) is 27.3 Å². The summed E-state index contributed by atoms with van der Waals surface area (Å²) in [5.41, 5.74) is 1.63. The number of ether oxygens (including phenoxy) is 6. The molecule has 40 heavy (non-hydrogen) atoms. The average Bonchev–Trinajstić information content (AvgIpc) is 3.25. The maximum Gasteiger partial charge on any atom is 0.338 e. The number of methoxy groups -OCH3 is 5. The van der Waals surface area contributed by atoms with E-state index in [4.69, 9.17) is 28.4 Å². The summed E-state index contributed by atoms with van der Waals surface area (Å²) in [5.74, 6) is 1.72. The fourth-order valence-corrected chi connectivity index (χ4v) is 6.09. The molecule has 212 valence electrons. The third-order valence-corrected chi connectivity index (χ3v) is 7.97. The smallest absolute Gasteiger partial charge is 0.338 e. The van der Waals surface area contributed by atoms with Crippen molar-refractivity contribution in [2.75, 3.05) is 42.2 Å². The van der Waals surface area contributed by atoms with Crippen molar-refractivity contribution in [1.29, 1.82) is 0 Å². The van der Waals surface area contributed by atoms with E-state index in [0.717, 1.165) is 0 Å². The molecule has 3 aromatic rings. The van der Waals surface area contributed by atoms with E-state index < -0.39 is 12.0 Å². The standard InChI is InChI=1S/C28H29BrN2O8S/c1-8-39-27(33)23-14(2)30-28-31(24(23)16-12-18(34-3)19(35-4)13-17(16)29)26(32)22(40-28)11-15-9-20(36-5)25(38-7)21(10-15)37-6/h9-13,24H,8H2,1-7H3/b22-11-/t24-/m0/s1. The zero-order valence-corrected chi connectivity index (χ0v) is 25.5. The second-order valence-electron chi connectivity index (χ2n) is 8.49. The lowest BCUT2D eigenvalue weighted by atomic mass is 9.95. The van der Waals surface area contributed by atoms with E-state index in [2.05, 4.69) is 20.9 Å². The van der Waals surface area contributed by atoms with Crippen molar-refractivity contribution in [1.82, 2.24) is 4.57 Å². The Morgan fingerprint density at radius 2 is 1.57 bits per heavy atom. The molecule has 0 spiro atoms. The summed E-state index contributed by atoms with van der Waals surface area (Å²) in [7, 11) is 7.62. The van der Waals surface area contributed by atoms with Gasteiger partial charge in [0.2, 0.25) is 5.75 Å². The highest BCUT2D eigenvalue weighted by Crippen LogP contribution is 2.41. The molecule has 0 bridgehead atoms. The molecule has 0 N–H and O–H groups in total. The van der Waals surface area contributed by atoms with Gasteiger partial charge >= 0.3 is 5.97 Å². The Morgan fingerprint density at radius 1 is 0.975 bits per heavy atom. The SMILES string of the molecule is CCOC(=O)C1=C(C)N=c2s/c(=C\c3cc(OC)c(OC)c(OC)c3)c(=O)n2[C@H]1c1cc(OC)c(OC)cc1Br. The summed E-state index contributed by atoms with van der Waals surface area (Å²) in [6.45, 7) is 3.62. The van der Waals surface area contributed by atoms with E-state index in [0.29, 0.717) is 59.4 Å². The van der Waals surface area contributed by atoms with Crippen LogP contribution in [0.25, 0.3) is 6.08 Å². The molecule has 0 saturated heterocycles. The van der Waals surface area contributed by atoms with E-state index in [-0.39, 0.29) is 17.7 Å². The van der Waals surface area contributed by atoms with Crippen LogP contribution in [-0.2, 0) is 9.53 Å². The molecule has 10 nitrogen and oxygen atoms in total. The molecule has 1 aliphatic rings. The minimum atomic E-state index is -0.841. The average molecular weight is 634 g/mol. The minimum absolute atomic E-state index is 0.168. The van der Waals surface area contributed by atoms with Crippen LogP contribution in [0.1, 0.15) is 31.0 Å². The van der Waals surface area contributed by atoms with Gasteiger partial charge in [-0.25, -0.2) is 9.79 Å². The molecule has 0 radical (unpaired) electrons. The number of thiazole rings is 1. The molecule has 0 aliphatic carbocycles. The molecule has 1 aliphatic heterocycles. The van der Waals surface area contributed by atoms with Crippen LogP contribution in [0.2, 0.25) is 0 Å². The molecule has 0 fully saturated rings. The third kappa shape index (κ3) is 5.20. The first kappa shape index (κ1) is 29.2. The van der Waals surface area contributed by atoms with Gasteiger partial charge in [-0.05, 0) is 55.3 Å². The first-order valence-corrected chi connectivity index (χ1v) is 13.7. The molecular weight excluding hydrogens is 604 g/mol. The Morgan fingerprint density at radius 3 is 2.12 bits per heavy atom. The molecule has 4 rings (SSSR count). The predicted octanol–water partition coefficient (Wildman–Crippen LogP) is 3.60. The number of nitrogens with zero attached hydrogens (tertiary/aromatic N) is 2. The van der Waals surface area contributed by atoms with Crippen molar-refractivity contribution < 1.29 is 33.2 Å². The van der Waals surface area contributed by atoms with Gasteiger partial charge in [0.1, 0.15) is 0 Å². The maximum absolute atomic E-state index is 14.0. The number of hydrogen-bond acceptors (Lipinski definition) is 10. The molecular formula is C28H29BrN2O8S. The van der Waals surface area contributed by atoms with Crippen LogP contribution < -0.4 is 38.6 Å². The number of carbonyl (C=O) groups excluding carboxylic acids is 1. The fraction of sp³-hybridized carbons (Fsp3) is 0.321. The fourth-order valence-electron chi connectivity index (χ4n) is 4.50. The highest BCUT2D eigenvalue weighted by Gasteiger charge is 2.35. The Hall–Kier alpha value is -3.77. The van der Waals surface area contributed by atoms with Gasteiger partial charge in [0, 0.05) is 4.47 Å². The molecule has 1 atom stereocenters. The number of rotatable bonds is 9. The number of benzene rings is 2. The summed E-state index contributed by atoms with van der Waals surface area (Å²) in [6, 6.07) is 6.13. The summed E-state index contributed by atoms with van der Waals surface area (Å²) < 4.78 is 35.2. The lowest BCUT2D eigenvalue weighted by molar-refractivity contribution is -0.139. The number of allylic oxidation sites excluding steroid dienone is 1. The zero-order chi connectivity index (χ0) is 29.1. The first-order chi connectivity index (χ1) is 19.2. The number of hydrogen-bond donors (Lipinski definition) is 0. The molecule has 2 aromatic carbocycles. The van der Waals surface area contributed by atoms with Crippen LogP contribution in [0.15, 0.2) is 49.8 Å². The van der Waals surface area contributed by atoms with E-state index in [9.17, 15) is 9.59 Å². The van der Waals surface area contributed by atoms with Crippen molar-refractivity contribution in [3.8, 4) is 28.7 Å². The van der Waals surface area contributed by atoms with Gasteiger partial charge in [-0.3, -0.25) is 9.36 Å². The van der Waals surface area contributed by atoms with Crippen LogP contribution in [-0.4, -0.2) is 52.7 Å². The summed E-state index contributed by atoms with van der Waals surface area (Å²) in [5, 5.41) is 0. The van der Waals surface area contributed by atoms with E-state index in [1.165, 1.54) is 51.5 Å². The van der Waals surface area contributed by atoms with Gasteiger partial charge in [0.15, 0.2) is 27.8 Å². The minimum Gasteiger partial charge on any atom is -0.493 e. The molecule has 1 aromatic heterocycles. The zero-order valence-electron chi connectivity index (χ0n) is 23.1. The first-order valence-electron chi connectivity index (χ1n) is 12.1. The third-order valence-electron chi connectivity index (χ3n) is 6.30. The van der Waals surface area contributed by atoms with Gasteiger partial charge in [0.05, 0.1) is 64.0 Å². The highest BCUT2D eigenvalue weighted by atomic mass is 79.9. The van der Waals surface area contributed by atoms with Gasteiger partial charge in [0.25, 0.3) is 5.56 Å². The quantitative estimate of drug-likeness (QED) is 0.329. The number of aromatic nitrogens is 1. The number of halogens is 1. The molecule has 0 amide bonds. The van der Waals surface area contributed by atoms with E-state index >= 15 is 0 Å². The second-order valence-corrected chi connectivity index (χ2v) is 10.4. The van der Waals surface area contributed by atoms with Gasteiger partial charge in [-0.2, -0.15) is 0 Å². The van der Waals surface area contributed by atoms with Crippen molar-refractivity contribution in [3.05, 3.63) is 70.8 Å². The molecule has 0 saturated carbocycles. The predicted molar refractivity (Wildman–Crippen MR) is 154 cm³/mol. The van der Waals surface area contributed by atoms with Crippen molar-refractivity contribution >= 4 is 39.3 Å². The number of fused-ring (bicyclic) bond motifs is 1. The van der Waals surface area contributed by atoms with Crippen LogP contribution in [0.3, 0.4) is 0 Å². The van der Waals surface area contributed by atoms with E-state index in [1.54, 1.807) is 44.2 Å². The normalized spacial score (nSPS) is 14.8. The second kappa shape index (κ2) is 12.2. The number of carbonyl (C=O) groups is 1. The summed E-state index contributed by atoms with van der Waals surface area (Å²) >= 11 is 4.81. The lowest BCUT2D eigenvalue weighted by Gasteiger charge is -2.26. The largest absolute Gasteiger partial charge is 0.493 e. The maximum atomic E-state index is 14.0. The van der Waals surface area contributed by atoms with Crippen molar-refractivity contribution in [2.45, 2.75) is 19.9 Å². The van der Waals surface area contributed by atoms with Crippen LogP contribution in [0.5, 0.6) is 28.7 Å². The highest BCUT2D eigenvalue weighted by molar-refractivity contribution is 9.10. The van der Waals surface area contributed by atoms with Crippen molar-refractivity contribution in [2.24, 2.45) is 4.99 Å². The lowest BCUT2D eigenvalue weighted by Crippen LogP contribution is -2.40. The molecule has 2 heterocycles. The van der Waals surface area contributed by atoms with Gasteiger partial charge in [-0.15, -0.1) is 0 Å². The molecule has 12 heteroatoms. The van der Waals surface area contributed by atoms with Gasteiger partial charge < -0.3 is 28.4 Å². The van der Waals surface area contributed by atoms with Crippen LogP contribution in [0.4, 0.5) is 0 Å². The van der Waals surface area contributed by atoms with Crippen LogP contribution in [0, 0.1) is 0 Å².